The average molecular weight is 233 g/mol. The molecule has 0 aromatic carbocycles. The maximum atomic E-state index is 11.2. The van der Waals surface area contributed by atoms with Gasteiger partial charge in [-0.25, -0.2) is 17.9 Å². The number of hydrogen-bond acceptors (Lipinski definition) is 5. The Morgan fingerprint density at radius 1 is 1.50 bits per heavy atom. The summed E-state index contributed by atoms with van der Waals surface area (Å²) >= 11 is 0.650. The van der Waals surface area contributed by atoms with E-state index in [1.807, 2.05) is 0 Å². The maximum Gasteiger partial charge on any atom is 0.345 e. The number of thiophene rings is 1. The van der Waals surface area contributed by atoms with Gasteiger partial charge in [0.1, 0.15) is 14.6 Å². The number of rotatable bonds is 1. The van der Waals surface area contributed by atoms with E-state index in [2.05, 4.69) is 0 Å². The number of hydrogen-bond donors (Lipinski definition) is 2. The largest absolute Gasteiger partial charge is 0.477 e. The van der Waals surface area contributed by atoms with E-state index in [-0.39, 0.29) is 14.6 Å². The molecular weight excluding hydrogens is 230 g/mol. The van der Waals surface area contributed by atoms with Crippen LogP contribution in [0.25, 0.3) is 0 Å². The maximum absolute atomic E-state index is 11.2. The van der Waals surface area contributed by atoms with Gasteiger partial charge in [-0.3, -0.25) is 4.79 Å². The topological polar surface area (TPSA) is 101 Å². The van der Waals surface area contributed by atoms with Gasteiger partial charge in [-0.05, 0) is 6.07 Å². The van der Waals surface area contributed by atoms with Crippen molar-refractivity contribution in [2.75, 3.05) is 0 Å². The minimum atomic E-state index is -3.82. The van der Waals surface area contributed by atoms with Crippen molar-refractivity contribution in [1.29, 1.82) is 0 Å². The molecule has 1 aliphatic heterocycles. The number of sulfonamides is 1. The SMILES string of the molecule is O=C(O)c1cc2c(s1)C(=O)NS2(=O)=O. The molecule has 2 N–H and O–H groups in total. The Hall–Kier alpha value is -1.41. The number of carbonyl (C=O) groups is 2. The molecule has 1 amide bonds. The summed E-state index contributed by atoms with van der Waals surface area (Å²) in [5.41, 5.74) is 0. The lowest BCUT2D eigenvalue weighted by atomic mass is 10.4. The average Bonchev–Trinajstić information content (AvgIpc) is 2.53. The number of carbonyl (C=O) groups excluding carboxylic acids is 1. The van der Waals surface area contributed by atoms with Crippen LogP contribution in [0.4, 0.5) is 0 Å². The van der Waals surface area contributed by atoms with E-state index < -0.39 is 21.9 Å². The second kappa shape index (κ2) is 2.55. The molecule has 0 atom stereocenters. The van der Waals surface area contributed by atoms with E-state index in [4.69, 9.17) is 5.11 Å². The van der Waals surface area contributed by atoms with Gasteiger partial charge < -0.3 is 5.11 Å². The Kier molecular flexibility index (Phi) is 1.67. The Morgan fingerprint density at radius 2 is 2.14 bits per heavy atom. The molecule has 1 aliphatic rings. The van der Waals surface area contributed by atoms with Gasteiger partial charge in [-0.15, -0.1) is 11.3 Å². The molecule has 0 spiro atoms. The van der Waals surface area contributed by atoms with Crippen LogP contribution in [0.2, 0.25) is 0 Å². The molecule has 1 aromatic heterocycles. The van der Waals surface area contributed by atoms with Gasteiger partial charge in [-0.1, -0.05) is 0 Å². The number of amides is 1. The van der Waals surface area contributed by atoms with Gasteiger partial charge in [0.25, 0.3) is 15.9 Å². The third kappa shape index (κ3) is 1.11. The summed E-state index contributed by atoms with van der Waals surface area (Å²) in [7, 11) is -3.82. The van der Waals surface area contributed by atoms with Gasteiger partial charge >= 0.3 is 5.97 Å². The van der Waals surface area contributed by atoms with Gasteiger partial charge in [-0.2, -0.15) is 0 Å². The monoisotopic (exact) mass is 233 g/mol. The van der Waals surface area contributed by atoms with Crippen LogP contribution in [0, 0.1) is 0 Å². The smallest absolute Gasteiger partial charge is 0.345 e. The fourth-order valence-electron chi connectivity index (χ4n) is 1.06. The summed E-state index contributed by atoms with van der Waals surface area (Å²) in [4.78, 5) is 21.1. The van der Waals surface area contributed by atoms with Crippen LogP contribution >= 0.6 is 11.3 Å². The quantitative estimate of drug-likeness (QED) is 0.704. The fourth-order valence-corrected chi connectivity index (χ4v) is 3.51. The first-order chi connectivity index (χ1) is 6.42. The summed E-state index contributed by atoms with van der Waals surface area (Å²) in [5.74, 6) is -2.01. The predicted octanol–water partition coefficient (Wildman–Crippen LogP) is -0.122. The van der Waals surface area contributed by atoms with Crippen LogP contribution in [0.1, 0.15) is 19.3 Å². The highest BCUT2D eigenvalue weighted by atomic mass is 32.2. The highest BCUT2D eigenvalue weighted by Crippen LogP contribution is 2.30. The number of carboxylic acids is 1. The molecule has 0 saturated carbocycles. The molecule has 0 aliphatic carbocycles. The first-order valence-corrected chi connectivity index (χ1v) is 5.66. The van der Waals surface area contributed by atoms with Crippen LogP contribution < -0.4 is 4.72 Å². The molecular formula is C6H3NO5S2. The summed E-state index contributed by atoms with van der Waals surface area (Å²) in [6.45, 7) is 0. The standard InChI is InChI=1S/C6H3NO5S2/c8-5-4-3(14(11,12)7-5)1-2(13-4)6(9)10/h1H,(H,7,8)(H,9,10). The Labute approximate surface area is 82.2 Å². The highest BCUT2D eigenvalue weighted by Gasteiger charge is 2.36. The summed E-state index contributed by atoms with van der Waals surface area (Å²) in [6, 6.07) is 0.982. The minimum Gasteiger partial charge on any atom is -0.477 e. The Bertz CT molecular complexity index is 541. The fraction of sp³-hybridized carbons (Fsp3) is 0. The molecule has 0 unspecified atom stereocenters. The normalized spacial score (nSPS) is 17.6. The highest BCUT2D eigenvalue weighted by molar-refractivity contribution is 7.91. The Morgan fingerprint density at radius 3 is 2.64 bits per heavy atom. The number of carboxylic acid groups (broad SMARTS) is 1. The first kappa shape index (κ1) is 9.16. The zero-order valence-corrected chi connectivity index (χ0v) is 8.11. The third-order valence-electron chi connectivity index (χ3n) is 1.63. The molecule has 0 saturated heterocycles. The summed E-state index contributed by atoms with van der Waals surface area (Å²) in [6.07, 6.45) is 0. The zero-order chi connectivity index (χ0) is 10.5. The predicted molar refractivity (Wildman–Crippen MR) is 45.9 cm³/mol. The van der Waals surface area contributed by atoms with Crippen LogP contribution in [0.3, 0.4) is 0 Å². The lowest BCUT2D eigenvalue weighted by Crippen LogP contribution is -2.21. The van der Waals surface area contributed by atoms with Crippen molar-refractivity contribution in [3.05, 3.63) is 15.8 Å². The number of nitrogens with one attached hydrogen (secondary N) is 1. The minimum absolute atomic E-state index is 0.0672. The first-order valence-electron chi connectivity index (χ1n) is 3.36. The van der Waals surface area contributed by atoms with E-state index in [1.54, 1.807) is 4.72 Å². The van der Waals surface area contributed by atoms with Crippen molar-refractivity contribution in [2.45, 2.75) is 4.90 Å². The summed E-state index contributed by atoms with van der Waals surface area (Å²) < 4.78 is 24.1. The van der Waals surface area contributed by atoms with Crippen molar-refractivity contribution in [1.82, 2.24) is 4.72 Å². The van der Waals surface area contributed by atoms with Gasteiger partial charge in [0.05, 0.1) is 0 Å². The number of fused-ring (bicyclic) bond motifs is 1. The van der Waals surface area contributed by atoms with Gasteiger partial charge in [0.15, 0.2) is 0 Å². The van der Waals surface area contributed by atoms with Crippen molar-refractivity contribution in [3.8, 4) is 0 Å². The van der Waals surface area contributed by atoms with Crippen molar-refractivity contribution >= 4 is 33.2 Å². The van der Waals surface area contributed by atoms with Crippen LogP contribution in [-0.4, -0.2) is 25.4 Å². The van der Waals surface area contributed by atoms with E-state index in [9.17, 15) is 18.0 Å². The molecule has 8 heteroatoms. The lowest BCUT2D eigenvalue weighted by Gasteiger charge is -1.91. The van der Waals surface area contributed by atoms with Gasteiger partial charge in [0, 0.05) is 0 Å². The van der Waals surface area contributed by atoms with Crippen LogP contribution in [0.5, 0.6) is 0 Å². The molecule has 14 heavy (non-hydrogen) atoms. The molecule has 0 bridgehead atoms. The van der Waals surface area contributed by atoms with E-state index in [0.717, 1.165) is 6.07 Å². The molecule has 1 aromatic rings. The van der Waals surface area contributed by atoms with Crippen molar-refractivity contribution in [2.24, 2.45) is 0 Å². The van der Waals surface area contributed by atoms with Crippen molar-refractivity contribution < 1.29 is 23.1 Å². The molecule has 2 heterocycles. The van der Waals surface area contributed by atoms with E-state index >= 15 is 0 Å². The number of aromatic carboxylic acids is 1. The van der Waals surface area contributed by atoms with Crippen molar-refractivity contribution in [3.63, 3.8) is 0 Å². The van der Waals surface area contributed by atoms with Crippen LogP contribution in [-0.2, 0) is 10.0 Å². The molecule has 74 valence electrons. The molecule has 2 rings (SSSR count). The second-order valence-corrected chi connectivity index (χ2v) is 5.25. The van der Waals surface area contributed by atoms with Gasteiger partial charge in [0.2, 0.25) is 0 Å². The van der Waals surface area contributed by atoms with E-state index in [1.165, 1.54) is 0 Å². The summed E-state index contributed by atoms with van der Waals surface area (Å²) in [5, 5.41) is 8.58. The molecule has 0 fully saturated rings. The van der Waals surface area contributed by atoms with Crippen LogP contribution in [0.15, 0.2) is 11.0 Å². The Balaban J connectivity index is 2.70. The molecule has 6 nitrogen and oxygen atoms in total. The zero-order valence-electron chi connectivity index (χ0n) is 6.47. The van der Waals surface area contributed by atoms with E-state index in [0.29, 0.717) is 11.3 Å². The second-order valence-electron chi connectivity index (χ2n) is 2.54. The molecule has 0 radical (unpaired) electrons. The lowest BCUT2D eigenvalue weighted by molar-refractivity contribution is 0.0702. The third-order valence-corrected chi connectivity index (χ3v) is 4.24.